The van der Waals surface area contributed by atoms with E-state index in [2.05, 4.69) is 26.3 Å². The highest BCUT2D eigenvalue weighted by molar-refractivity contribution is 7.09. The van der Waals surface area contributed by atoms with Crippen LogP contribution >= 0.6 is 11.3 Å². The van der Waals surface area contributed by atoms with Gasteiger partial charge < -0.3 is 25.8 Å². The van der Waals surface area contributed by atoms with E-state index in [1.165, 1.54) is 22.0 Å². The first-order valence-corrected chi connectivity index (χ1v) is 14.9. The zero-order chi connectivity index (χ0) is 30.2. The maximum Gasteiger partial charge on any atom is 0.270 e. The fourth-order valence-electron chi connectivity index (χ4n) is 4.67. The largest absolute Gasteiger partial charge is 0.351 e. The Kier molecular flexibility index (Phi) is 10.2. The monoisotopic (exact) mass is 592 g/mol. The molecule has 2 bridgehead atoms. The summed E-state index contributed by atoms with van der Waals surface area (Å²) in [6.45, 7) is 3.89. The van der Waals surface area contributed by atoms with Crippen LogP contribution in [0.2, 0.25) is 0 Å². The first-order chi connectivity index (χ1) is 20.2. The van der Waals surface area contributed by atoms with Gasteiger partial charge in [-0.15, -0.1) is 11.3 Å². The molecule has 12 heteroatoms. The summed E-state index contributed by atoms with van der Waals surface area (Å²) < 4.78 is 1.37. The number of nitrogens with zero attached hydrogens (tertiary/aromatic N) is 2. The van der Waals surface area contributed by atoms with Crippen LogP contribution in [0, 0.1) is 6.92 Å². The quantitative estimate of drug-likeness (QED) is 0.357. The van der Waals surface area contributed by atoms with Crippen molar-refractivity contribution in [3.05, 3.63) is 85.7 Å². The van der Waals surface area contributed by atoms with Crippen LogP contribution in [0.3, 0.4) is 0 Å². The van der Waals surface area contributed by atoms with E-state index in [-0.39, 0.29) is 23.6 Å². The van der Waals surface area contributed by atoms with Gasteiger partial charge in [0.25, 0.3) is 17.4 Å². The molecule has 4 N–H and O–H groups in total. The van der Waals surface area contributed by atoms with Crippen LogP contribution in [-0.4, -0.2) is 51.8 Å². The van der Waals surface area contributed by atoms with Gasteiger partial charge in [0.15, 0.2) is 0 Å². The summed E-state index contributed by atoms with van der Waals surface area (Å²) in [7, 11) is 1.57. The van der Waals surface area contributed by atoms with E-state index in [9.17, 15) is 24.0 Å². The van der Waals surface area contributed by atoms with Gasteiger partial charge in [0, 0.05) is 24.7 Å². The number of hydrogen-bond donors (Lipinski definition) is 4. The molecule has 42 heavy (non-hydrogen) atoms. The van der Waals surface area contributed by atoms with Crippen molar-refractivity contribution >= 4 is 35.0 Å². The second-order valence-corrected chi connectivity index (χ2v) is 11.2. The molecule has 11 nitrogen and oxygen atoms in total. The molecule has 4 rings (SSSR count). The summed E-state index contributed by atoms with van der Waals surface area (Å²) in [5, 5.41) is 13.6. The predicted octanol–water partition coefficient (Wildman–Crippen LogP) is 2.16. The van der Waals surface area contributed by atoms with Crippen molar-refractivity contribution in [2.24, 2.45) is 7.05 Å². The smallest absolute Gasteiger partial charge is 0.270 e. The molecule has 0 aliphatic carbocycles. The van der Waals surface area contributed by atoms with Crippen molar-refractivity contribution in [2.45, 2.75) is 64.1 Å². The number of thiazole rings is 1. The molecular weight excluding hydrogens is 556 g/mol. The number of rotatable bonds is 5. The molecule has 0 radical (unpaired) electrons. The Labute approximate surface area is 248 Å². The SMILES string of the molecule is CC[C@H]1NC(=O)[C@@H](NC(=O)c2ccc(C)n(C)c2=O)CCCCNC(=O)c2csc(n2)[C@H](Cc2ccccc2)NC1=O. The minimum Gasteiger partial charge on any atom is -0.351 e. The van der Waals surface area contributed by atoms with Gasteiger partial charge in [0.05, 0.1) is 6.04 Å². The number of aromatic nitrogens is 2. The van der Waals surface area contributed by atoms with Gasteiger partial charge in [-0.2, -0.15) is 0 Å². The second kappa shape index (κ2) is 14.0. The zero-order valence-electron chi connectivity index (χ0n) is 23.9. The van der Waals surface area contributed by atoms with Crippen molar-refractivity contribution in [3.8, 4) is 0 Å². The van der Waals surface area contributed by atoms with E-state index in [0.29, 0.717) is 42.9 Å². The van der Waals surface area contributed by atoms with Gasteiger partial charge in [-0.3, -0.25) is 24.0 Å². The number of amides is 4. The number of carbonyl (C=O) groups is 4. The Bertz CT molecular complexity index is 1500. The number of aryl methyl sites for hydroxylation is 1. The van der Waals surface area contributed by atoms with E-state index in [1.807, 2.05) is 30.3 Å². The fraction of sp³-hybridized carbons (Fsp3) is 0.400. The molecule has 3 aromatic rings. The molecule has 2 aromatic heterocycles. The average Bonchev–Trinajstić information content (AvgIpc) is 3.48. The molecule has 0 spiro atoms. The molecule has 3 atom stereocenters. The lowest BCUT2D eigenvalue weighted by Gasteiger charge is -2.25. The number of benzene rings is 1. The molecular formula is C30H36N6O5S. The lowest BCUT2D eigenvalue weighted by molar-refractivity contribution is -0.130. The standard InChI is InChI=1S/C30H36N6O5S/c1-4-21-27(39)34-23(16-19-10-6-5-7-11-19)29-35-24(17-42-29)26(38)31-15-9-8-12-22(28(40)32-21)33-25(37)20-14-13-18(2)36(3)30(20)41/h5-7,10-11,13-14,17,21-23H,4,8-9,12,15-16H2,1-3H3,(H,31,38)(H,32,40)(H,33,37)(H,34,39)/t21-,22+,23+/m1/s1. The zero-order valence-corrected chi connectivity index (χ0v) is 24.8. The number of carbonyl (C=O) groups excluding carboxylic acids is 4. The van der Waals surface area contributed by atoms with Crippen LogP contribution in [0.4, 0.5) is 0 Å². The van der Waals surface area contributed by atoms with Gasteiger partial charge >= 0.3 is 0 Å². The Morgan fingerprint density at radius 1 is 1.02 bits per heavy atom. The van der Waals surface area contributed by atoms with Gasteiger partial charge in [-0.05, 0) is 56.7 Å². The maximum absolute atomic E-state index is 13.5. The minimum atomic E-state index is -0.993. The van der Waals surface area contributed by atoms with Gasteiger partial charge in [0.1, 0.15) is 28.3 Å². The van der Waals surface area contributed by atoms with Crippen LogP contribution in [0.15, 0.2) is 52.6 Å². The van der Waals surface area contributed by atoms with Crippen LogP contribution in [0.25, 0.3) is 0 Å². The van der Waals surface area contributed by atoms with E-state index in [4.69, 9.17) is 0 Å². The molecule has 222 valence electrons. The van der Waals surface area contributed by atoms with Crippen LogP contribution in [-0.2, 0) is 23.1 Å². The topological polar surface area (TPSA) is 151 Å². The summed E-state index contributed by atoms with van der Waals surface area (Å²) in [4.78, 5) is 70.0. The van der Waals surface area contributed by atoms with Gasteiger partial charge in [-0.25, -0.2) is 4.98 Å². The molecule has 0 saturated heterocycles. The molecule has 3 heterocycles. The molecule has 1 aromatic carbocycles. The number of fused-ring (bicyclic) bond motifs is 2. The van der Waals surface area contributed by atoms with Crippen LogP contribution in [0.1, 0.15) is 75.8 Å². The lowest BCUT2D eigenvalue weighted by atomic mass is 10.0. The third-order valence-corrected chi connectivity index (χ3v) is 8.28. The number of hydrogen-bond acceptors (Lipinski definition) is 7. The van der Waals surface area contributed by atoms with Crippen molar-refractivity contribution in [1.82, 2.24) is 30.8 Å². The van der Waals surface area contributed by atoms with E-state index < -0.39 is 41.4 Å². The summed E-state index contributed by atoms with van der Waals surface area (Å²) in [6.07, 6.45) is 2.03. The van der Waals surface area contributed by atoms with Gasteiger partial charge in [-0.1, -0.05) is 37.3 Å². The third kappa shape index (κ3) is 7.49. The second-order valence-electron chi connectivity index (χ2n) is 10.3. The van der Waals surface area contributed by atoms with E-state index in [1.54, 1.807) is 32.3 Å². The third-order valence-electron chi connectivity index (χ3n) is 7.32. The first-order valence-electron chi connectivity index (χ1n) is 14.0. The Hall–Kier alpha value is -4.32. The van der Waals surface area contributed by atoms with Crippen molar-refractivity contribution in [2.75, 3.05) is 6.54 Å². The molecule has 1 aliphatic heterocycles. The van der Waals surface area contributed by atoms with Crippen molar-refractivity contribution < 1.29 is 19.2 Å². The molecule has 0 fully saturated rings. The summed E-state index contributed by atoms with van der Waals surface area (Å²) in [6, 6.07) is 10.3. The fourth-order valence-corrected chi connectivity index (χ4v) is 5.52. The van der Waals surface area contributed by atoms with Crippen molar-refractivity contribution in [3.63, 3.8) is 0 Å². The summed E-state index contributed by atoms with van der Waals surface area (Å²) in [5.41, 5.74) is 1.40. The highest BCUT2D eigenvalue weighted by Crippen LogP contribution is 2.23. The molecule has 4 amide bonds. The highest BCUT2D eigenvalue weighted by atomic mass is 32.1. The Balaban J connectivity index is 1.58. The Morgan fingerprint density at radius 3 is 2.50 bits per heavy atom. The molecule has 0 saturated carbocycles. The van der Waals surface area contributed by atoms with E-state index in [0.717, 1.165) is 5.56 Å². The lowest BCUT2D eigenvalue weighted by Crippen LogP contribution is -2.54. The predicted molar refractivity (Wildman–Crippen MR) is 159 cm³/mol. The first kappa shape index (κ1) is 30.6. The molecule has 1 aliphatic rings. The maximum atomic E-state index is 13.5. The minimum absolute atomic E-state index is 0.0779. The van der Waals surface area contributed by atoms with Gasteiger partial charge in [0.2, 0.25) is 11.8 Å². The molecule has 0 unspecified atom stereocenters. The number of nitrogens with one attached hydrogen (secondary N) is 4. The van der Waals surface area contributed by atoms with E-state index >= 15 is 0 Å². The highest BCUT2D eigenvalue weighted by Gasteiger charge is 2.29. The van der Waals surface area contributed by atoms with Crippen LogP contribution < -0.4 is 26.8 Å². The van der Waals surface area contributed by atoms with Crippen molar-refractivity contribution in [1.29, 1.82) is 0 Å². The summed E-state index contributed by atoms with van der Waals surface area (Å²) >= 11 is 1.29. The number of pyridine rings is 1. The Morgan fingerprint density at radius 2 is 1.76 bits per heavy atom. The average molecular weight is 593 g/mol. The van der Waals surface area contributed by atoms with Crippen LogP contribution in [0.5, 0.6) is 0 Å². The normalized spacial score (nSPS) is 20.3. The summed E-state index contributed by atoms with van der Waals surface area (Å²) in [5.74, 6) is -1.92.